The number of benzene rings is 1. The van der Waals surface area contributed by atoms with Gasteiger partial charge < -0.3 is 10.2 Å². The highest BCUT2D eigenvalue weighted by Crippen LogP contribution is 2.28. The second-order valence-corrected chi connectivity index (χ2v) is 6.20. The Kier molecular flexibility index (Phi) is 3.74. The highest BCUT2D eigenvalue weighted by Gasteiger charge is 2.23. The molecule has 1 aromatic rings. The first-order valence-corrected chi connectivity index (χ1v) is 7.82. The van der Waals surface area contributed by atoms with Crippen LogP contribution in [0.3, 0.4) is 0 Å². The van der Waals surface area contributed by atoms with Gasteiger partial charge in [-0.1, -0.05) is 30.5 Å². The van der Waals surface area contributed by atoms with Crippen LogP contribution in [-0.4, -0.2) is 17.7 Å². The summed E-state index contributed by atoms with van der Waals surface area (Å²) in [4.78, 5) is 2.30. The first kappa shape index (κ1) is 12.9. The molecule has 1 N–H and O–H groups in total. The predicted octanol–water partition coefficient (Wildman–Crippen LogP) is 3.56. The molecule has 1 fully saturated rings. The van der Waals surface area contributed by atoms with Crippen molar-refractivity contribution in [3.05, 3.63) is 29.3 Å². The van der Waals surface area contributed by atoms with Crippen molar-refractivity contribution in [2.24, 2.45) is 0 Å². The summed E-state index contributed by atoms with van der Waals surface area (Å²) in [5.41, 5.74) is 4.10. The summed E-state index contributed by atoms with van der Waals surface area (Å²) in [7, 11) is 0. The van der Waals surface area contributed by atoms with Crippen molar-refractivity contribution >= 4 is 23.0 Å². The Morgan fingerprint density at radius 1 is 1.26 bits per heavy atom. The van der Waals surface area contributed by atoms with Gasteiger partial charge in [-0.2, -0.15) is 0 Å². The summed E-state index contributed by atoms with van der Waals surface area (Å²) in [5, 5.41) is 4.49. The maximum atomic E-state index is 5.63. The normalized spacial score (nSPS) is 19.3. The van der Waals surface area contributed by atoms with Gasteiger partial charge in [0.1, 0.15) is 0 Å². The molecule has 0 aromatic heterocycles. The molecule has 19 heavy (non-hydrogen) atoms. The summed E-state index contributed by atoms with van der Waals surface area (Å²) in [6.45, 7) is 3.21. The Morgan fingerprint density at radius 2 is 2.05 bits per heavy atom. The highest BCUT2D eigenvalue weighted by molar-refractivity contribution is 7.80. The minimum atomic E-state index is 0.600. The van der Waals surface area contributed by atoms with Crippen LogP contribution in [-0.2, 0) is 6.42 Å². The number of thiocarbonyl (C=S) groups is 1. The van der Waals surface area contributed by atoms with E-state index in [-0.39, 0.29) is 0 Å². The molecule has 1 saturated carbocycles. The number of hydrogen-bond donors (Lipinski definition) is 1. The number of rotatable bonds is 1. The van der Waals surface area contributed by atoms with Crippen LogP contribution >= 0.6 is 12.2 Å². The van der Waals surface area contributed by atoms with E-state index in [4.69, 9.17) is 12.2 Å². The van der Waals surface area contributed by atoms with Gasteiger partial charge in [-0.15, -0.1) is 0 Å². The molecule has 3 heteroatoms. The zero-order chi connectivity index (χ0) is 13.2. The first-order chi connectivity index (χ1) is 9.24. The Morgan fingerprint density at radius 3 is 2.84 bits per heavy atom. The number of nitrogens with zero attached hydrogens (tertiary/aromatic N) is 1. The van der Waals surface area contributed by atoms with Crippen molar-refractivity contribution in [2.45, 2.75) is 51.5 Å². The average molecular weight is 274 g/mol. The van der Waals surface area contributed by atoms with Gasteiger partial charge in [0.2, 0.25) is 0 Å². The minimum absolute atomic E-state index is 0.600. The van der Waals surface area contributed by atoms with Crippen molar-refractivity contribution in [1.29, 1.82) is 0 Å². The standard InChI is InChI=1S/C16H22N2S/c1-12-8-9-15-13(11-12)5-4-10-18(15)16(19)17-14-6-2-3-7-14/h8-9,11,14H,2-7,10H2,1H3,(H,17,19). The van der Waals surface area contributed by atoms with Crippen LogP contribution in [0.1, 0.15) is 43.2 Å². The SMILES string of the molecule is Cc1ccc2c(c1)CCCN2C(=S)NC1CCCC1. The number of anilines is 1. The van der Waals surface area contributed by atoms with Crippen LogP contribution < -0.4 is 10.2 Å². The molecule has 0 saturated heterocycles. The average Bonchev–Trinajstić information content (AvgIpc) is 2.90. The second-order valence-electron chi connectivity index (χ2n) is 5.82. The lowest BCUT2D eigenvalue weighted by Gasteiger charge is -2.33. The molecule has 2 aliphatic rings. The monoisotopic (exact) mass is 274 g/mol. The van der Waals surface area contributed by atoms with E-state index < -0.39 is 0 Å². The zero-order valence-corrected chi connectivity index (χ0v) is 12.4. The zero-order valence-electron chi connectivity index (χ0n) is 11.6. The third-order valence-corrected chi connectivity index (χ3v) is 4.62. The molecule has 0 spiro atoms. The van der Waals surface area contributed by atoms with Crippen molar-refractivity contribution < 1.29 is 0 Å². The molecule has 1 aliphatic heterocycles. The Balaban J connectivity index is 1.76. The van der Waals surface area contributed by atoms with Gasteiger partial charge in [-0.25, -0.2) is 0 Å². The van der Waals surface area contributed by atoms with E-state index in [1.807, 2.05) is 0 Å². The second kappa shape index (κ2) is 5.49. The molecule has 3 rings (SSSR count). The molecule has 0 amide bonds. The van der Waals surface area contributed by atoms with E-state index in [2.05, 4.69) is 35.3 Å². The van der Waals surface area contributed by atoms with E-state index in [1.165, 1.54) is 55.3 Å². The fourth-order valence-electron chi connectivity index (χ4n) is 3.26. The van der Waals surface area contributed by atoms with E-state index in [0.717, 1.165) is 11.7 Å². The van der Waals surface area contributed by atoms with Gasteiger partial charge in [0, 0.05) is 18.3 Å². The van der Waals surface area contributed by atoms with Crippen LogP contribution in [0, 0.1) is 6.92 Å². The van der Waals surface area contributed by atoms with E-state index in [1.54, 1.807) is 0 Å². The lowest BCUT2D eigenvalue weighted by atomic mass is 10.00. The largest absolute Gasteiger partial charge is 0.360 e. The molecule has 0 atom stereocenters. The molecule has 1 heterocycles. The van der Waals surface area contributed by atoms with Gasteiger partial charge in [0.25, 0.3) is 0 Å². The Labute approximate surface area is 121 Å². The van der Waals surface area contributed by atoms with Gasteiger partial charge in [-0.3, -0.25) is 0 Å². The van der Waals surface area contributed by atoms with Crippen molar-refractivity contribution in [1.82, 2.24) is 5.32 Å². The van der Waals surface area contributed by atoms with Gasteiger partial charge >= 0.3 is 0 Å². The molecule has 0 radical (unpaired) electrons. The third kappa shape index (κ3) is 2.76. The van der Waals surface area contributed by atoms with Crippen LogP contribution in [0.4, 0.5) is 5.69 Å². The fraction of sp³-hybridized carbons (Fsp3) is 0.562. The van der Waals surface area contributed by atoms with E-state index in [0.29, 0.717) is 6.04 Å². The summed E-state index contributed by atoms with van der Waals surface area (Å²) >= 11 is 5.63. The molecule has 2 nitrogen and oxygen atoms in total. The number of aryl methyl sites for hydroxylation is 2. The predicted molar refractivity (Wildman–Crippen MR) is 84.8 cm³/mol. The van der Waals surface area contributed by atoms with Crippen molar-refractivity contribution in [3.63, 3.8) is 0 Å². The first-order valence-electron chi connectivity index (χ1n) is 7.41. The van der Waals surface area contributed by atoms with Crippen LogP contribution in [0.5, 0.6) is 0 Å². The number of hydrogen-bond acceptors (Lipinski definition) is 1. The van der Waals surface area contributed by atoms with Gasteiger partial charge in [0.05, 0.1) is 0 Å². The minimum Gasteiger partial charge on any atom is -0.360 e. The third-order valence-electron chi connectivity index (χ3n) is 4.28. The van der Waals surface area contributed by atoms with Crippen molar-refractivity contribution in [2.75, 3.05) is 11.4 Å². The molecular formula is C16H22N2S. The summed E-state index contributed by atoms with van der Waals surface area (Å²) in [6, 6.07) is 7.32. The van der Waals surface area contributed by atoms with Crippen LogP contribution in [0.25, 0.3) is 0 Å². The molecule has 1 aliphatic carbocycles. The maximum absolute atomic E-state index is 5.63. The molecule has 0 unspecified atom stereocenters. The van der Waals surface area contributed by atoms with Crippen LogP contribution in [0.15, 0.2) is 18.2 Å². The maximum Gasteiger partial charge on any atom is 0.173 e. The van der Waals surface area contributed by atoms with Crippen LogP contribution in [0.2, 0.25) is 0 Å². The Bertz CT molecular complexity index is 478. The lowest BCUT2D eigenvalue weighted by molar-refractivity contribution is 0.624. The summed E-state index contributed by atoms with van der Waals surface area (Å²) in [5.74, 6) is 0. The van der Waals surface area contributed by atoms with Crippen molar-refractivity contribution in [3.8, 4) is 0 Å². The summed E-state index contributed by atoms with van der Waals surface area (Å²) in [6.07, 6.45) is 7.61. The fourth-order valence-corrected chi connectivity index (χ4v) is 3.62. The molecule has 102 valence electrons. The van der Waals surface area contributed by atoms with E-state index in [9.17, 15) is 0 Å². The molecular weight excluding hydrogens is 252 g/mol. The number of nitrogens with one attached hydrogen (secondary N) is 1. The smallest absolute Gasteiger partial charge is 0.173 e. The Hall–Kier alpha value is -1.09. The van der Waals surface area contributed by atoms with E-state index >= 15 is 0 Å². The highest BCUT2D eigenvalue weighted by atomic mass is 32.1. The lowest BCUT2D eigenvalue weighted by Crippen LogP contribution is -2.46. The van der Waals surface area contributed by atoms with Gasteiger partial charge in [0.15, 0.2) is 5.11 Å². The molecule has 1 aromatic carbocycles. The molecule has 0 bridgehead atoms. The summed E-state index contributed by atoms with van der Waals surface area (Å²) < 4.78 is 0. The van der Waals surface area contributed by atoms with Gasteiger partial charge in [-0.05, 0) is 56.5 Å². The number of fused-ring (bicyclic) bond motifs is 1. The topological polar surface area (TPSA) is 15.3 Å². The quantitative estimate of drug-likeness (QED) is 0.788.